The van der Waals surface area contributed by atoms with Crippen LogP contribution >= 0.6 is 11.3 Å². The first kappa shape index (κ1) is 13.3. The lowest BCUT2D eigenvalue weighted by atomic mass is 9.82. The molecule has 2 aromatic carbocycles. The van der Waals surface area contributed by atoms with Crippen LogP contribution in [-0.4, -0.2) is 4.98 Å². The van der Waals surface area contributed by atoms with Crippen molar-refractivity contribution in [1.29, 1.82) is 0 Å². The van der Waals surface area contributed by atoms with Gasteiger partial charge in [-0.15, -0.1) is 11.3 Å². The number of aromatic nitrogens is 1. The Morgan fingerprint density at radius 3 is 2.35 bits per heavy atom. The van der Waals surface area contributed by atoms with E-state index in [1.165, 1.54) is 21.4 Å². The molecule has 0 fully saturated rings. The topological polar surface area (TPSA) is 12.9 Å². The number of thiazole rings is 1. The summed E-state index contributed by atoms with van der Waals surface area (Å²) >= 11 is 1.78. The monoisotopic (exact) mass is 281 g/mol. The third-order valence-electron chi connectivity index (χ3n) is 3.53. The van der Waals surface area contributed by atoms with E-state index in [1.807, 2.05) is 0 Å². The van der Waals surface area contributed by atoms with Crippen molar-refractivity contribution in [2.45, 2.75) is 33.1 Å². The molecule has 20 heavy (non-hydrogen) atoms. The van der Waals surface area contributed by atoms with Gasteiger partial charge >= 0.3 is 0 Å². The van der Waals surface area contributed by atoms with Gasteiger partial charge in [0.15, 0.2) is 0 Å². The van der Waals surface area contributed by atoms with Gasteiger partial charge in [0, 0.05) is 0 Å². The summed E-state index contributed by atoms with van der Waals surface area (Å²) in [4.78, 5) is 4.64. The molecule has 0 unspecified atom stereocenters. The normalized spacial score (nSPS) is 12.0. The number of rotatable bonds is 1. The van der Waals surface area contributed by atoms with Crippen LogP contribution in [0.15, 0.2) is 42.5 Å². The number of benzene rings is 2. The number of hydrogen-bond acceptors (Lipinski definition) is 2. The minimum absolute atomic E-state index is 0.122. The third-order valence-corrected chi connectivity index (χ3v) is 4.46. The minimum Gasteiger partial charge on any atom is -0.241 e. The molecule has 1 aromatic heterocycles. The standard InChI is InChI=1S/C18H19NS/c1-12-19-16-10-14(13-8-6-5-7-9-13)15(18(2,3)4)11-17(16)20-12/h5-11H,1-4H3. The molecule has 1 nitrogen and oxygen atoms in total. The first-order valence-electron chi connectivity index (χ1n) is 6.92. The Morgan fingerprint density at radius 1 is 1.00 bits per heavy atom. The summed E-state index contributed by atoms with van der Waals surface area (Å²) in [6, 6.07) is 15.2. The maximum atomic E-state index is 4.64. The summed E-state index contributed by atoms with van der Waals surface area (Å²) < 4.78 is 1.28. The lowest BCUT2D eigenvalue weighted by Crippen LogP contribution is -2.12. The van der Waals surface area contributed by atoms with Crippen molar-refractivity contribution in [2.75, 3.05) is 0 Å². The Hall–Kier alpha value is -1.67. The van der Waals surface area contributed by atoms with Gasteiger partial charge < -0.3 is 0 Å². The molecule has 0 spiro atoms. The second-order valence-electron chi connectivity index (χ2n) is 6.21. The van der Waals surface area contributed by atoms with Gasteiger partial charge in [-0.1, -0.05) is 51.1 Å². The zero-order valence-corrected chi connectivity index (χ0v) is 13.2. The third kappa shape index (κ3) is 2.36. The molecule has 0 aliphatic heterocycles. The molecular weight excluding hydrogens is 262 g/mol. The van der Waals surface area contributed by atoms with E-state index in [2.05, 4.69) is 75.1 Å². The van der Waals surface area contributed by atoms with Gasteiger partial charge in [0.2, 0.25) is 0 Å². The van der Waals surface area contributed by atoms with E-state index in [-0.39, 0.29) is 5.41 Å². The molecule has 2 heteroatoms. The van der Waals surface area contributed by atoms with Crippen molar-refractivity contribution in [1.82, 2.24) is 4.98 Å². The average Bonchev–Trinajstić information content (AvgIpc) is 2.76. The van der Waals surface area contributed by atoms with Crippen LogP contribution < -0.4 is 0 Å². The zero-order chi connectivity index (χ0) is 14.3. The van der Waals surface area contributed by atoms with E-state index >= 15 is 0 Å². The van der Waals surface area contributed by atoms with E-state index in [0.29, 0.717) is 0 Å². The molecular formula is C18H19NS. The SMILES string of the molecule is Cc1nc2cc(-c3ccccc3)c(C(C)(C)C)cc2s1. The van der Waals surface area contributed by atoms with E-state index in [1.54, 1.807) is 11.3 Å². The fourth-order valence-corrected chi connectivity index (χ4v) is 3.41. The molecule has 3 rings (SSSR count). The molecule has 0 atom stereocenters. The quantitative estimate of drug-likeness (QED) is 0.568. The van der Waals surface area contributed by atoms with Crippen LogP contribution in [0.5, 0.6) is 0 Å². The van der Waals surface area contributed by atoms with Crippen LogP contribution in [0, 0.1) is 6.92 Å². The molecule has 0 bridgehead atoms. The molecule has 0 radical (unpaired) electrons. The Labute approximate surface area is 124 Å². The molecule has 0 saturated heterocycles. The van der Waals surface area contributed by atoms with Crippen molar-refractivity contribution >= 4 is 21.6 Å². The highest BCUT2D eigenvalue weighted by Gasteiger charge is 2.20. The Morgan fingerprint density at radius 2 is 1.70 bits per heavy atom. The summed E-state index contributed by atoms with van der Waals surface area (Å²) in [5.41, 5.74) is 5.19. The largest absolute Gasteiger partial charge is 0.241 e. The Bertz CT molecular complexity index is 748. The first-order valence-corrected chi connectivity index (χ1v) is 7.74. The highest BCUT2D eigenvalue weighted by Crippen LogP contribution is 2.37. The average molecular weight is 281 g/mol. The van der Waals surface area contributed by atoms with Gasteiger partial charge in [-0.3, -0.25) is 0 Å². The van der Waals surface area contributed by atoms with Crippen LogP contribution in [0.2, 0.25) is 0 Å². The number of aryl methyl sites for hydroxylation is 1. The highest BCUT2D eigenvalue weighted by atomic mass is 32.1. The minimum atomic E-state index is 0.122. The van der Waals surface area contributed by atoms with Gasteiger partial charge in [0.1, 0.15) is 0 Å². The van der Waals surface area contributed by atoms with Crippen molar-refractivity contribution in [3.05, 3.63) is 53.0 Å². The first-order chi connectivity index (χ1) is 9.45. The maximum absolute atomic E-state index is 4.64. The molecule has 0 N–H and O–H groups in total. The molecule has 0 amide bonds. The van der Waals surface area contributed by atoms with Gasteiger partial charge in [0.25, 0.3) is 0 Å². The van der Waals surface area contributed by atoms with Crippen molar-refractivity contribution in [2.24, 2.45) is 0 Å². The van der Waals surface area contributed by atoms with Gasteiger partial charge in [-0.2, -0.15) is 0 Å². The van der Waals surface area contributed by atoms with E-state index in [4.69, 9.17) is 0 Å². The fraction of sp³-hybridized carbons (Fsp3) is 0.278. The molecule has 0 aliphatic carbocycles. The van der Waals surface area contributed by atoms with Crippen LogP contribution in [0.1, 0.15) is 31.3 Å². The molecule has 3 aromatic rings. The summed E-state index contributed by atoms with van der Waals surface area (Å²) in [7, 11) is 0. The number of hydrogen-bond donors (Lipinski definition) is 0. The smallest absolute Gasteiger partial charge is 0.0907 e. The van der Waals surface area contributed by atoms with Crippen molar-refractivity contribution in [3.63, 3.8) is 0 Å². The second-order valence-corrected chi connectivity index (χ2v) is 7.45. The lowest BCUT2D eigenvalue weighted by molar-refractivity contribution is 0.593. The highest BCUT2D eigenvalue weighted by molar-refractivity contribution is 7.18. The fourth-order valence-electron chi connectivity index (χ4n) is 2.57. The molecule has 1 heterocycles. The van der Waals surface area contributed by atoms with Crippen LogP contribution in [0.25, 0.3) is 21.3 Å². The Balaban J connectivity index is 2.33. The van der Waals surface area contributed by atoms with Crippen LogP contribution in [0.3, 0.4) is 0 Å². The van der Waals surface area contributed by atoms with Gasteiger partial charge in [-0.05, 0) is 41.2 Å². The summed E-state index contributed by atoms with van der Waals surface area (Å²) in [6.45, 7) is 8.89. The molecule has 0 saturated carbocycles. The van der Waals surface area contributed by atoms with Gasteiger partial charge in [0.05, 0.1) is 15.2 Å². The van der Waals surface area contributed by atoms with Gasteiger partial charge in [-0.25, -0.2) is 4.98 Å². The summed E-state index contributed by atoms with van der Waals surface area (Å²) in [5.74, 6) is 0. The molecule has 102 valence electrons. The van der Waals surface area contributed by atoms with Crippen molar-refractivity contribution < 1.29 is 0 Å². The van der Waals surface area contributed by atoms with Crippen molar-refractivity contribution in [3.8, 4) is 11.1 Å². The van der Waals surface area contributed by atoms with E-state index in [0.717, 1.165) is 10.5 Å². The zero-order valence-electron chi connectivity index (χ0n) is 12.4. The van der Waals surface area contributed by atoms with Crippen LogP contribution in [-0.2, 0) is 5.41 Å². The van der Waals surface area contributed by atoms with E-state index in [9.17, 15) is 0 Å². The molecule has 0 aliphatic rings. The summed E-state index contributed by atoms with van der Waals surface area (Å²) in [6.07, 6.45) is 0. The number of nitrogens with zero attached hydrogens (tertiary/aromatic N) is 1. The second kappa shape index (κ2) is 4.71. The predicted octanol–water partition coefficient (Wildman–Crippen LogP) is 5.57. The number of fused-ring (bicyclic) bond motifs is 1. The van der Waals surface area contributed by atoms with Crippen LogP contribution in [0.4, 0.5) is 0 Å². The Kier molecular flexibility index (Phi) is 3.14. The lowest BCUT2D eigenvalue weighted by Gasteiger charge is -2.23. The maximum Gasteiger partial charge on any atom is 0.0907 e. The predicted molar refractivity (Wildman–Crippen MR) is 88.5 cm³/mol. The summed E-state index contributed by atoms with van der Waals surface area (Å²) in [5, 5.41) is 1.13. The van der Waals surface area contributed by atoms with E-state index < -0.39 is 0 Å².